The summed E-state index contributed by atoms with van der Waals surface area (Å²) in [5, 5.41) is 0. The molecule has 29 heavy (non-hydrogen) atoms. The Labute approximate surface area is 167 Å². The largest absolute Gasteiger partial charge is 0.466 e. The van der Waals surface area contributed by atoms with Crippen LogP contribution < -0.4 is 0 Å². The molecular formula is C22H22FN3O3. The van der Waals surface area contributed by atoms with Crippen LogP contribution in [0.2, 0.25) is 0 Å². The minimum absolute atomic E-state index is 0.0185. The molecule has 2 aromatic heterocycles. The molecule has 0 radical (unpaired) electrons. The second-order valence-corrected chi connectivity index (χ2v) is 7.93. The molecule has 0 bridgehead atoms. The Kier molecular flexibility index (Phi) is 4.10. The van der Waals surface area contributed by atoms with E-state index in [4.69, 9.17) is 9.15 Å². The van der Waals surface area contributed by atoms with E-state index in [9.17, 15) is 9.18 Å². The molecule has 4 heterocycles. The molecule has 0 aliphatic carbocycles. The lowest BCUT2D eigenvalue weighted by atomic mass is 10.0. The van der Waals surface area contributed by atoms with Crippen molar-refractivity contribution in [2.45, 2.75) is 39.0 Å². The number of rotatable bonds is 2. The molecule has 0 saturated carbocycles. The van der Waals surface area contributed by atoms with E-state index in [1.54, 1.807) is 24.4 Å². The predicted octanol–water partition coefficient (Wildman–Crippen LogP) is 3.71. The lowest BCUT2D eigenvalue weighted by molar-refractivity contribution is -0.0804. The summed E-state index contributed by atoms with van der Waals surface area (Å²) in [5.41, 5.74) is 2.03. The number of furan rings is 1. The summed E-state index contributed by atoms with van der Waals surface area (Å²) < 4.78 is 27.2. The first-order valence-corrected chi connectivity index (χ1v) is 9.75. The van der Waals surface area contributed by atoms with E-state index in [2.05, 4.69) is 9.55 Å². The molecule has 0 N–H and O–H groups in total. The van der Waals surface area contributed by atoms with Crippen molar-refractivity contribution in [1.29, 1.82) is 0 Å². The molecule has 150 valence electrons. The monoisotopic (exact) mass is 395 g/mol. The van der Waals surface area contributed by atoms with Gasteiger partial charge in [0, 0.05) is 6.54 Å². The third kappa shape index (κ3) is 3.06. The number of halogens is 1. The number of imidazole rings is 1. The van der Waals surface area contributed by atoms with Gasteiger partial charge in [0.2, 0.25) is 0 Å². The first-order valence-electron chi connectivity index (χ1n) is 9.75. The Balaban J connectivity index is 1.39. The van der Waals surface area contributed by atoms with Crippen LogP contribution in [-0.2, 0) is 17.9 Å². The number of aryl methyl sites for hydroxylation is 2. The number of aromatic nitrogens is 2. The van der Waals surface area contributed by atoms with Crippen molar-refractivity contribution in [3.63, 3.8) is 0 Å². The van der Waals surface area contributed by atoms with Gasteiger partial charge in [-0.1, -0.05) is 0 Å². The highest BCUT2D eigenvalue weighted by Crippen LogP contribution is 2.36. The summed E-state index contributed by atoms with van der Waals surface area (Å²) in [5.74, 6) is 1.95. The number of fused-ring (bicyclic) bond motifs is 1. The second kappa shape index (κ2) is 6.56. The molecule has 2 aliphatic heterocycles. The maximum Gasteiger partial charge on any atom is 0.257 e. The van der Waals surface area contributed by atoms with Crippen molar-refractivity contribution in [1.82, 2.24) is 14.5 Å². The first kappa shape index (κ1) is 18.1. The van der Waals surface area contributed by atoms with Gasteiger partial charge in [0.25, 0.3) is 5.91 Å². The fourth-order valence-corrected chi connectivity index (χ4v) is 4.39. The summed E-state index contributed by atoms with van der Waals surface area (Å²) in [6.45, 7) is 5.83. The summed E-state index contributed by atoms with van der Waals surface area (Å²) in [6, 6.07) is 8.22. The number of likely N-dealkylation sites (tertiary alicyclic amines) is 1. The molecule has 1 unspecified atom stereocenters. The van der Waals surface area contributed by atoms with Gasteiger partial charge in [0.15, 0.2) is 0 Å². The number of benzene rings is 1. The third-order valence-electron chi connectivity index (χ3n) is 5.91. The zero-order valence-corrected chi connectivity index (χ0v) is 16.4. The Bertz CT molecular complexity index is 1090. The lowest BCUT2D eigenvalue weighted by Gasteiger charge is -2.35. The predicted molar refractivity (Wildman–Crippen MR) is 104 cm³/mol. The fraction of sp³-hybridized carbons (Fsp3) is 0.364. The highest BCUT2D eigenvalue weighted by atomic mass is 19.1. The zero-order valence-electron chi connectivity index (χ0n) is 16.4. The van der Waals surface area contributed by atoms with E-state index in [0.717, 1.165) is 29.3 Å². The van der Waals surface area contributed by atoms with E-state index in [0.29, 0.717) is 37.6 Å². The number of hydrogen-bond acceptors (Lipinski definition) is 4. The van der Waals surface area contributed by atoms with Gasteiger partial charge >= 0.3 is 0 Å². The molecule has 6 nitrogen and oxygen atoms in total. The van der Waals surface area contributed by atoms with Crippen LogP contribution in [0.4, 0.5) is 4.39 Å². The van der Waals surface area contributed by atoms with Crippen LogP contribution in [0.15, 0.2) is 40.9 Å². The van der Waals surface area contributed by atoms with Crippen LogP contribution in [0, 0.1) is 19.7 Å². The molecule has 1 spiro atoms. The van der Waals surface area contributed by atoms with Crippen LogP contribution in [0.1, 0.15) is 34.1 Å². The van der Waals surface area contributed by atoms with Gasteiger partial charge in [-0.2, -0.15) is 0 Å². The van der Waals surface area contributed by atoms with E-state index in [-0.39, 0.29) is 11.7 Å². The number of carbonyl (C=O) groups is 1. The standard InChI is InChI=1S/C22H22FN3O3/c1-14-9-18(15(2)29-14)21(27)25-8-7-22(12-25)13-26-19(10-24-20(26)11-28-22)16-3-5-17(23)6-4-16/h3-6,9-10H,7-8,11-13H2,1-2H3. The van der Waals surface area contributed by atoms with E-state index in [1.165, 1.54) is 12.1 Å². The van der Waals surface area contributed by atoms with Gasteiger partial charge in [0.05, 0.1) is 30.5 Å². The highest BCUT2D eigenvalue weighted by Gasteiger charge is 2.45. The van der Waals surface area contributed by atoms with Crippen LogP contribution >= 0.6 is 0 Å². The molecule has 7 heteroatoms. The van der Waals surface area contributed by atoms with Gasteiger partial charge in [-0.25, -0.2) is 9.37 Å². The van der Waals surface area contributed by atoms with Gasteiger partial charge < -0.3 is 18.6 Å². The Morgan fingerprint density at radius 3 is 2.72 bits per heavy atom. The van der Waals surface area contributed by atoms with Gasteiger partial charge in [-0.3, -0.25) is 4.79 Å². The smallest absolute Gasteiger partial charge is 0.257 e. The van der Waals surface area contributed by atoms with E-state index in [1.807, 2.05) is 18.7 Å². The maximum atomic E-state index is 13.3. The van der Waals surface area contributed by atoms with Crippen LogP contribution in [0.3, 0.4) is 0 Å². The molecule has 1 atom stereocenters. The Hall–Kier alpha value is -2.93. The lowest BCUT2D eigenvalue weighted by Crippen LogP contribution is -2.45. The average Bonchev–Trinajstić information content (AvgIpc) is 3.39. The topological polar surface area (TPSA) is 60.5 Å². The summed E-state index contributed by atoms with van der Waals surface area (Å²) >= 11 is 0. The van der Waals surface area contributed by atoms with Crippen molar-refractivity contribution in [3.8, 4) is 11.3 Å². The molecule has 2 aliphatic rings. The number of carbonyl (C=O) groups excluding carboxylic acids is 1. The van der Waals surface area contributed by atoms with Crippen molar-refractivity contribution < 1.29 is 18.3 Å². The van der Waals surface area contributed by atoms with Crippen molar-refractivity contribution in [2.75, 3.05) is 13.1 Å². The number of ether oxygens (including phenoxy) is 1. The molecule has 5 rings (SSSR count). The number of nitrogens with zero attached hydrogens (tertiary/aromatic N) is 3. The minimum atomic E-state index is -0.440. The van der Waals surface area contributed by atoms with Crippen molar-refractivity contribution in [3.05, 3.63) is 65.3 Å². The molecule has 1 saturated heterocycles. The van der Waals surface area contributed by atoms with Gasteiger partial charge in [-0.05, 0) is 56.2 Å². The number of amides is 1. The molecule has 3 aromatic rings. The first-order chi connectivity index (χ1) is 13.9. The summed E-state index contributed by atoms with van der Waals surface area (Å²) in [4.78, 5) is 19.3. The van der Waals surface area contributed by atoms with Crippen LogP contribution in [0.25, 0.3) is 11.3 Å². The Morgan fingerprint density at radius 1 is 1.21 bits per heavy atom. The number of hydrogen-bond donors (Lipinski definition) is 0. The van der Waals surface area contributed by atoms with Crippen LogP contribution in [0.5, 0.6) is 0 Å². The fourth-order valence-electron chi connectivity index (χ4n) is 4.39. The summed E-state index contributed by atoms with van der Waals surface area (Å²) in [7, 11) is 0. The molecular weight excluding hydrogens is 373 g/mol. The summed E-state index contributed by atoms with van der Waals surface area (Å²) in [6.07, 6.45) is 2.57. The second-order valence-electron chi connectivity index (χ2n) is 7.93. The van der Waals surface area contributed by atoms with E-state index >= 15 is 0 Å². The third-order valence-corrected chi connectivity index (χ3v) is 5.91. The quantitative estimate of drug-likeness (QED) is 0.664. The molecule has 1 amide bonds. The van der Waals surface area contributed by atoms with Crippen molar-refractivity contribution in [2.24, 2.45) is 0 Å². The zero-order chi connectivity index (χ0) is 20.2. The normalized spacial score (nSPS) is 21.0. The SMILES string of the molecule is Cc1cc(C(=O)N2CCC3(C2)Cn2c(-c4ccc(F)cc4)cnc2CO3)c(C)o1. The maximum absolute atomic E-state index is 13.3. The van der Waals surface area contributed by atoms with Crippen LogP contribution in [-0.4, -0.2) is 39.0 Å². The molecule has 1 aromatic carbocycles. The Morgan fingerprint density at radius 2 is 2.00 bits per heavy atom. The molecule has 1 fully saturated rings. The van der Waals surface area contributed by atoms with E-state index < -0.39 is 5.60 Å². The van der Waals surface area contributed by atoms with Gasteiger partial charge in [0.1, 0.15) is 35.4 Å². The minimum Gasteiger partial charge on any atom is -0.466 e. The highest BCUT2D eigenvalue weighted by molar-refractivity contribution is 5.95. The van der Waals surface area contributed by atoms with Gasteiger partial charge in [-0.15, -0.1) is 0 Å². The van der Waals surface area contributed by atoms with Crippen molar-refractivity contribution >= 4 is 5.91 Å². The average molecular weight is 395 g/mol.